The Hall–Kier alpha value is -2.82. The maximum Gasteiger partial charge on any atom is 0.330 e. The van der Waals surface area contributed by atoms with Gasteiger partial charge in [-0.2, -0.15) is 0 Å². The quantitative estimate of drug-likeness (QED) is 0.820. The van der Waals surface area contributed by atoms with Crippen LogP contribution in [0.3, 0.4) is 0 Å². The standard InChI is InChI=1S/C19H19NO4/c21-18(20-17(19(22)23)14-4-2-1-3-5-14)15-8-10-16(11-9-15)24-12-13-6-7-13/h1-5,8-11,13,17H,6-7,12H2,(H,20,21)(H,22,23). The van der Waals surface area contributed by atoms with Crippen LogP contribution in [0.15, 0.2) is 54.6 Å². The molecule has 124 valence electrons. The number of hydrogen-bond acceptors (Lipinski definition) is 3. The first kappa shape index (κ1) is 16.1. The fourth-order valence-corrected chi connectivity index (χ4v) is 2.35. The summed E-state index contributed by atoms with van der Waals surface area (Å²) in [5.74, 6) is -0.148. The predicted molar refractivity (Wildman–Crippen MR) is 88.9 cm³/mol. The van der Waals surface area contributed by atoms with Crippen molar-refractivity contribution in [3.63, 3.8) is 0 Å². The fourth-order valence-electron chi connectivity index (χ4n) is 2.35. The van der Waals surface area contributed by atoms with E-state index in [9.17, 15) is 14.7 Å². The highest BCUT2D eigenvalue weighted by molar-refractivity contribution is 5.96. The lowest BCUT2D eigenvalue weighted by Gasteiger charge is -2.15. The Morgan fingerprint density at radius 3 is 2.33 bits per heavy atom. The van der Waals surface area contributed by atoms with Crippen LogP contribution in [0, 0.1) is 5.92 Å². The summed E-state index contributed by atoms with van der Waals surface area (Å²) in [5, 5.41) is 11.9. The summed E-state index contributed by atoms with van der Waals surface area (Å²) in [4.78, 5) is 23.7. The Labute approximate surface area is 140 Å². The van der Waals surface area contributed by atoms with Crippen molar-refractivity contribution >= 4 is 11.9 Å². The Morgan fingerprint density at radius 2 is 1.75 bits per heavy atom. The van der Waals surface area contributed by atoms with Crippen LogP contribution < -0.4 is 10.1 Å². The predicted octanol–water partition coefficient (Wildman–Crippen LogP) is 3.03. The first-order chi connectivity index (χ1) is 11.6. The zero-order valence-electron chi connectivity index (χ0n) is 13.1. The van der Waals surface area contributed by atoms with Gasteiger partial charge in [-0.25, -0.2) is 4.79 Å². The van der Waals surface area contributed by atoms with Gasteiger partial charge in [-0.05, 0) is 48.6 Å². The largest absolute Gasteiger partial charge is 0.493 e. The van der Waals surface area contributed by atoms with Crippen LogP contribution in [0.5, 0.6) is 5.75 Å². The molecule has 5 heteroatoms. The van der Waals surface area contributed by atoms with E-state index in [-0.39, 0.29) is 0 Å². The molecule has 1 fully saturated rings. The molecule has 0 spiro atoms. The molecule has 1 unspecified atom stereocenters. The second kappa shape index (κ2) is 7.17. The number of amides is 1. The first-order valence-corrected chi connectivity index (χ1v) is 7.95. The van der Waals surface area contributed by atoms with Gasteiger partial charge in [0.05, 0.1) is 6.61 Å². The van der Waals surface area contributed by atoms with E-state index in [1.807, 2.05) is 0 Å². The number of carbonyl (C=O) groups excluding carboxylic acids is 1. The van der Waals surface area contributed by atoms with Crippen LogP contribution in [-0.2, 0) is 4.79 Å². The number of ether oxygens (including phenoxy) is 1. The van der Waals surface area contributed by atoms with Crippen molar-refractivity contribution in [2.45, 2.75) is 18.9 Å². The highest BCUT2D eigenvalue weighted by atomic mass is 16.5. The monoisotopic (exact) mass is 325 g/mol. The molecular weight excluding hydrogens is 306 g/mol. The van der Waals surface area contributed by atoms with Crippen LogP contribution in [0.25, 0.3) is 0 Å². The van der Waals surface area contributed by atoms with Gasteiger partial charge in [0.15, 0.2) is 6.04 Å². The Kier molecular flexibility index (Phi) is 4.79. The van der Waals surface area contributed by atoms with Gasteiger partial charge in [0.1, 0.15) is 5.75 Å². The van der Waals surface area contributed by atoms with Gasteiger partial charge in [-0.1, -0.05) is 30.3 Å². The maximum absolute atomic E-state index is 12.3. The molecule has 1 saturated carbocycles. The van der Waals surface area contributed by atoms with Crippen molar-refractivity contribution in [1.82, 2.24) is 5.32 Å². The van der Waals surface area contributed by atoms with E-state index in [0.29, 0.717) is 23.7 Å². The molecule has 1 aliphatic carbocycles. The number of rotatable bonds is 7. The summed E-state index contributed by atoms with van der Waals surface area (Å²) in [7, 11) is 0. The third-order valence-corrected chi connectivity index (χ3v) is 3.95. The minimum absolute atomic E-state index is 0.399. The molecule has 1 atom stereocenters. The molecule has 5 nitrogen and oxygen atoms in total. The summed E-state index contributed by atoms with van der Waals surface area (Å²) < 4.78 is 5.63. The summed E-state index contributed by atoms with van der Waals surface area (Å²) in [5.41, 5.74) is 0.929. The number of carboxylic acid groups (broad SMARTS) is 1. The molecule has 0 saturated heterocycles. The number of nitrogens with one attached hydrogen (secondary N) is 1. The Morgan fingerprint density at radius 1 is 1.08 bits per heavy atom. The molecule has 0 radical (unpaired) electrons. The highest BCUT2D eigenvalue weighted by Crippen LogP contribution is 2.29. The number of hydrogen-bond donors (Lipinski definition) is 2. The number of benzene rings is 2. The highest BCUT2D eigenvalue weighted by Gasteiger charge is 2.23. The molecule has 1 aliphatic rings. The second-order valence-electron chi connectivity index (χ2n) is 5.93. The van der Waals surface area contributed by atoms with E-state index in [0.717, 1.165) is 5.75 Å². The van der Waals surface area contributed by atoms with Gasteiger partial charge < -0.3 is 15.2 Å². The van der Waals surface area contributed by atoms with Gasteiger partial charge in [0.25, 0.3) is 5.91 Å². The lowest BCUT2D eigenvalue weighted by atomic mass is 10.1. The van der Waals surface area contributed by atoms with Crippen molar-refractivity contribution in [3.8, 4) is 5.75 Å². The topological polar surface area (TPSA) is 75.6 Å². The molecule has 2 N–H and O–H groups in total. The van der Waals surface area contributed by atoms with Crippen LogP contribution in [0.2, 0.25) is 0 Å². The van der Waals surface area contributed by atoms with Gasteiger partial charge in [0.2, 0.25) is 0 Å². The Balaban J connectivity index is 1.65. The molecule has 1 amide bonds. The van der Waals surface area contributed by atoms with Gasteiger partial charge >= 0.3 is 5.97 Å². The third kappa shape index (κ3) is 4.13. The molecule has 2 aromatic rings. The summed E-state index contributed by atoms with van der Waals surface area (Å²) in [6, 6.07) is 14.3. The molecular formula is C19H19NO4. The van der Waals surface area contributed by atoms with Crippen molar-refractivity contribution < 1.29 is 19.4 Å². The zero-order valence-corrected chi connectivity index (χ0v) is 13.1. The van der Waals surface area contributed by atoms with Gasteiger partial charge in [-0.3, -0.25) is 4.79 Å². The first-order valence-electron chi connectivity index (χ1n) is 7.95. The second-order valence-corrected chi connectivity index (χ2v) is 5.93. The third-order valence-electron chi connectivity index (χ3n) is 3.95. The number of carboxylic acids is 1. The number of aliphatic carboxylic acids is 1. The molecule has 0 aromatic heterocycles. The van der Waals surface area contributed by atoms with Crippen LogP contribution in [-0.4, -0.2) is 23.6 Å². The van der Waals surface area contributed by atoms with E-state index >= 15 is 0 Å². The van der Waals surface area contributed by atoms with Crippen LogP contribution in [0.4, 0.5) is 0 Å². The minimum atomic E-state index is -1.10. The Bertz CT molecular complexity index is 708. The molecule has 2 aromatic carbocycles. The van der Waals surface area contributed by atoms with Crippen molar-refractivity contribution in [2.24, 2.45) is 5.92 Å². The zero-order chi connectivity index (χ0) is 16.9. The maximum atomic E-state index is 12.3. The van der Waals surface area contributed by atoms with Gasteiger partial charge in [-0.15, -0.1) is 0 Å². The normalized spacial score (nSPS) is 14.7. The van der Waals surface area contributed by atoms with E-state index in [2.05, 4.69) is 5.32 Å². The number of carbonyl (C=O) groups is 2. The SMILES string of the molecule is O=C(NC(C(=O)O)c1ccccc1)c1ccc(OCC2CC2)cc1. The minimum Gasteiger partial charge on any atom is -0.493 e. The summed E-state index contributed by atoms with van der Waals surface area (Å²) >= 11 is 0. The molecule has 0 bridgehead atoms. The summed E-state index contributed by atoms with van der Waals surface area (Å²) in [6.45, 7) is 0.709. The molecule has 3 rings (SSSR count). The molecule has 0 heterocycles. The average Bonchev–Trinajstić information content (AvgIpc) is 3.43. The van der Waals surface area contributed by atoms with E-state index < -0.39 is 17.9 Å². The summed E-state index contributed by atoms with van der Waals surface area (Å²) in [6.07, 6.45) is 2.44. The van der Waals surface area contributed by atoms with E-state index in [1.165, 1.54) is 12.8 Å². The van der Waals surface area contributed by atoms with Crippen LogP contribution >= 0.6 is 0 Å². The van der Waals surface area contributed by atoms with Crippen LogP contribution in [0.1, 0.15) is 34.8 Å². The fraction of sp³-hybridized carbons (Fsp3) is 0.263. The molecule has 0 aliphatic heterocycles. The van der Waals surface area contributed by atoms with E-state index in [1.54, 1.807) is 54.6 Å². The lowest BCUT2D eigenvalue weighted by molar-refractivity contribution is -0.139. The smallest absolute Gasteiger partial charge is 0.330 e. The molecule has 24 heavy (non-hydrogen) atoms. The van der Waals surface area contributed by atoms with Crippen molar-refractivity contribution in [1.29, 1.82) is 0 Å². The average molecular weight is 325 g/mol. The van der Waals surface area contributed by atoms with Crippen molar-refractivity contribution in [3.05, 3.63) is 65.7 Å². The van der Waals surface area contributed by atoms with Gasteiger partial charge in [0, 0.05) is 5.56 Å². The lowest BCUT2D eigenvalue weighted by Crippen LogP contribution is -2.33. The van der Waals surface area contributed by atoms with E-state index in [4.69, 9.17) is 4.74 Å². The van der Waals surface area contributed by atoms with Crippen molar-refractivity contribution in [2.75, 3.05) is 6.61 Å².